The molecule has 0 saturated carbocycles. The van der Waals surface area contributed by atoms with Crippen molar-refractivity contribution in [2.45, 2.75) is 6.92 Å². The highest BCUT2D eigenvalue weighted by Crippen LogP contribution is 2.23. The van der Waals surface area contributed by atoms with E-state index >= 15 is 0 Å². The van der Waals surface area contributed by atoms with Crippen LogP contribution in [-0.4, -0.2) is 33.2 Å². The van der Waals surface area contributed by atoms with Crippen LogP contribution in [0.2, 0.25) is 0 Å². The average molecular weight is 314 g/mol. The van der Waals surface area contributed by atoms with Crippen molar-refractivity contribution in [2.75, 3.05) is 37.5 Å². The van der Waals surface area contributed by atoms with Crippen molar-refractivity contribution in [3.05, 3.63) is 48.5 Å². The van der Waals surface area contributed by atoms with E-state index < -0.39 is 0 Å². The highest BCUT2D eigenvalue weighted by molar-refractivity contribution is 5.95. The number of nitrogens with zero attached hydrogens (tertiary/aromatic N) is 1. The van der Waals surface area contributed by atoms with E-state index in [-0.39, 0.29) is 12.5 Å². The lowest BCUT2D eigenvalue weighted by atomic mass is 10.2. The largest absolute Gasteiger partial charge is 0.494 e. The van der Waals surface area contributed by atoms with Crippen LogP contribution in [0, 0.1) is 0 Å². The molecule has 0 aliphatic heterocycles. The van der Waals surface area contributed by atoms with Crippen LogP contribution < -0.4 is 19.7 Å². The maximum atomic E-state index is 12.1. The molecule has 1 N–H and O–H groups in total. The standard InChI is InChI=1S/C18H22N2O3/c1-4-22-14-9-11-15(12-10-14)23-13-18(21)19-16-7-5-6-8-17(16)20(2)3/h5-12H,4,13H2,1-3H3,(H,19,21). The van der Waals surface area contributed by atoms with Gasteiger partial charge in [-0.05, 0) is 43.3 Å². The fourth-order valence-electron chi connectivity index (χ4n) is 2.10. The summed E-state index contributed by atoms with van der Waals surface area (Å²) in [5.41, 5.74) is 1.71. The Morgan fingerprint density at radius 3 is 2.22 bits per heavy atom. The first-order valence-corrected chi connectivity index (χ1v) is 7.52. The summed E-state index contributed by atoms with van der Waals surface area (Å²) < 4.78 is 10.9. The van der Waals surface area contributed by atoms with Gasteiger partial charge < -0.3 is 19.7 Å². The fourth-order valence-corrected chi connectivity index (χ4v) is 2.10. The van der Waals surface area contributed by atoms with Gasteiger partial charge in [0.1, 0.15) is 11.5 Å². The van der Waals surface area contributed by atoms with Gasteiger partial charge >= 0.3 is 0 Å². The van der Waals surface area contributed by atoms with Crippen molar-refractivity contribution in [2.24, 2.45) is 0 Å². The van der Waals surface area contributed by atoms with Crippen molar-refractivity contribution in [3.63, 3.8) is 0 Å². The van der Waals surface area contributed by atoms with Gasteiger partial charge in [0.2, 0.25) is 0 Å². The van der Waals surface area contributed by atoms with Gasteiger partial charge in [0, 0.05) is 14.1 Å². The molecule has 23 heavy (non-hydrogen) atoms. The third-order valence-corrected chi connectivity index (χ3v) is 3.16. The number of hydrogen-bond acceptors (Lipinski definition) is 4. The van der Waals surface area contributed by atoms with Crippen LogP contribution in [0.25, 0.3) is 0 Å². The van der Waals surface area contributed by atoms with Crippen molar-refractivity contribution >= 4 is 17.3 Å². The van der Waals surface area contributed by atoms with Crippen LogP contribution in [0.15, 0.2) is 48.5 Å². The first-order chi connectivity index (χ1) is 11.1. The molecular formula is C18H22N2O3. The van der Waals surface area contributed by atoms with Gasteiger partial charge in [-0.25, -0.2) is 0 Å². The van der Waals surface area contributed by atoms with Crippen LogP contribution >= 0.6 is 0 Å². The summed E-state index contributed by atoms with van der Waals surface area (Å²) >= 11 is 0. The molecule has 0 spiro atoms. The first-order valence-electron chi connectivity index (χ1n) is 7.52. The van der Waals surface area contributed by atoms with E-state index in [4.69, 9.17) is 9.47 Å². The molecule has 0 saturated heterocycles. The minimum absolute atomic E-state index is 0.0459. The molecule has 2 rings (SSSR count). The van der Waals surface area contributed by atoms with E-state index in [1.165, 1.54) is 0 Å². The second-order valence-corrected chi connectivity index (χ2v) is 5.15. The van der Waals surface area contributed by atoms with E-state index in [0.717, 1.165) is 17.1 Å². The second-order valence-electron chi connectivity index (χ2n) is 5.15. The molecule has 0 heterocycles. The van der Waals surface area contributed by atoms with E-state index in [1.807, 2.05) is 62.3 Å². The van der Waals surface area contributed by atoms with Gasteiger partial charge in [-0.15, -0.1) is 0 Å². The number of carbonyl (C=O) groups is 1. The zero-order valence-electron chi connectivity index (χ0n) is 13.7. The maximum absolute atomic E-state index is 12.1. The quantitative estimate of drug-likeness (QED) is 0.853. The van der Waals surface area contributed by atoms with Gasteiger partial charge in [-0.3, -0.25) is 4.79 Å². The predicted octanol–water partition coefficient (Wildman–Crippen LogP) is 3.17. The normalized spacial score (nSPS) is 10.0. The average Bonchev–Trinajstić information content (AvgIpc) is 2.55. The number of benzene rings is 2. The Bertz CT molecular complexity index is 639. The molecule has 2 aromatic rings. The van der Waals surface area contributed by atoms with Crippen molar-refractivity contribution < 1.29 is 14.3 Å². The summed E-state index contributed by atoms with van der Waals surface area (Å²) in [7, 11) is 3.86. The van der Waals surface area contributed by atoms with Crippen LogP contribution in [0.4, 0.5) is 11.4 Å². The summed E-state index contributed by atoms with van der Waals surface area (Å²) in [5, 5.41) is 2.86. The number of anilines is 2. The lowest BCUT2D eigenvalue weighted by Gasteiger charge is -2.17. The Labute approximate surface area is 136 Å². The molecule has 0 unspecified atom stereocenters. The molecular weight excluding hydrogens is 292 g/mol. The molecule has 0 fully saturated rings. The minimum atomic E-state index is -0.201. The van der Waals surface area contributed by atoms with E-state index in [2.05, 4.69) is 5.32 Å². The topological polar surface area (TPSA) is 50.8 Å². The van der Waals surface area contributed by atoms with Crippen molar-refractivity contribution in [1.82, 2.24) is 0 Å². The number of amides is 1. The Morgan fingerprint density at radius 1 is 1.00 bits per heavy atom. The smallest absolute Gasteiger partial charge is 0.262 e. The van der Waals surface area contributed by atoms with Gasteiger partial charge in [0.15, 0.2) is 6.61 Å². The number of rotatable bonds is 7. The number of carbonyl (C=O) groups excluding carboxylic acids is 1. The van der Waals surface area contributed by atoms with Crippen LogP contribution in [0.1, 0.15) is 6.92 Å². The van der Waals surface area contributed by atoms with E-state index in [1.54, 1.807) is 12.1 Å². The molecule has 122 valence electrons. The maximum Gasteiger partial charge on any atom is 0.262 e. The number of para-hydroxylation sites is 2. The molecule has 0 aliphatic rings. The zero-order valence-corrected chi connectivity index (χ0v) is 13.7. The SMILES string of the molecule is CCOc1ccc(OCC(=O)Nc2ccccc2N(C)C)cc1. The highest BCUT2D eigenvalue weighted by Gasteiger charge is 2.08. The summed E-state index contributed by atoms with van der Waals surface area (Å²) in [6.45, 7) is 2.50. The van der Waals surface area contributed by atoms with Gasteiger partial charge in [-0.2, -0.15) is 0 Å². The zero-order chi connectivity index (χ0) is 16.7. The Hall–Kier alpha value is -2.69. The summed E-state index contributed by atoms with van der Waals surface area (Å²) in [6.07, 6.45) is 0. The molecule has 0 bridgehead atoms. The lowest BCUT2D eigenvalue weighted by Crippen LogP contribution is -2.22. The van der Waals surface area contributed by atoms with Gasteiger partial charge in [0.05, 0.1) is 18.0 Å². The summed E-state index contributed by atoms with van der Waals surface area (Å²) in [5.74, 6) is 1.21. The Kier molecular flexibility index (Phi) is 5.86. The summed E-state index contributed by atoms with van der Waals surface area (Å²) in [6, 6.07) is 14.8. The molecule has 5 heteroatoms. The molecule has 0 aliphatic carbocycles. The molecule has 0 atom stereocenters. The fraction of sp³-hybridized carbons (Fsp3) is 0.278. The lowest BCUT2D eigenvalue weighted by molar-refractivity contribution is -0.118. The predicted molar refractivity (Wildman–Crippen MR) is 92.5 cm³/mol. The third-order valence-electron chi connectivity index (χ3n) is 3.16. The van der Waals surface area contributed by atoms with Crippen LogP contribution in [0.5, 0.6) is 11.5 Å². The van der Waals surface area contributed by atoms with Crippen molar-refractivity contribution in [1.29, 1.82) is 0 Å². The molecule has 2 aromatic carbocycles. The summed E-state index contributed by atoms with van der Waals surface area (Å²) in [4.78, 5) is 14.0. The van der Waals surface area contributed by atoms with E-state index in [9.17, 15) is 4.79 Å². The number of hydrogen-bond donors (Lipinski definition) is 1. The number of nitrogens with one attached hydrogen (secondary N) is 1. The van der Waals surface area contributed by atoms with Crippen LogP contribution in [0.3, 0.4) is 0 Å². The Balaban J connectivity index is 1.90. The van der Waals surface area contributed by atoms with Gasteiger partial charge in [0.25, 0.3) is 5.91 Å². The second kappa shape index (κ2) is 8.08. The van der Waals surface area contributed by atoms with Gasteiger partial charge in [-0.1, -0.05) is 12.1 Å². The highest BCUT2D eigenvalue weighted by atomic mass is 16.5. The molecule has 0 radical (unpaired) electrons. The van der Waals surface area contributed by atoms with E-state index in [0.29, 0.717) is 12.4 Å². The monoisotopic (exact) mass is 314 g/mol. The van der Waals surface area contributed by atoms with Crippen molar-refractivity contribution in [3.8, 4) is 11.5 Å². The number of ether oxygens (including phenoxy) is 2. The minimum Gasteiger partial charge on any atom is -0.494 e. The van der Waals surface area contributed by atoms with Crippen LogP contribution in [-0.2, 0) is 4.79 Å². The Morgan fingerprint density at radius 2 is 1.61 bits per heavy atom. The first kappa shape index (κ1) is 16.7. The molecule has 0 aromatic heterocycles. The molecule has 5 nitrogen and oxygen atoms in total. The molecule has 1 amide bonds. The third kappa shape index (κ3) is 4.92.